The van der Waals surface area contributed by atoms with Gasteiger partial charge >= 0.3 is 5.97 Å². The van der Waals surface area contributed by atoms with Crippen LogP contribution in [-0.2, 0) is 0 Å². The number of aromatic carboxylic acids is 1. The van der Waals surface area contributed by atoms with Gasteiger partial charge in [0.15, 0.2) is 0 Å². The number of carboxylic acids is 1. The van der Waals surface area contributed by atoms with E-state index in [9.17, 15) is 14.9 Å². The smallest absolute Gasteiger partial charge is 0.335 e. The summed E-state index contributed by atoms with van der Waals surface area (Å²) in [5.41, 5.74) is 3.24. The summed E-state index contributed by atoms with van der Waals surface area (Å²) in [6.07, 6.45) is 0. The van der Waals surface area contributed by atoms with Crippen molar-refractivity contribution in [1.82, 2.24) is 9.97 Å². The standard InChI is InChI=1S/C23H17N3O5/c1-31-19-12-11-17(26(29)30)13-18(19)21-20(14-5-3-2-4-6-14)24-22(25-21)15-7-9-16(10-8-15)23(27)28/h2-13H,1H3,(H,24,25)(H,27,28). The number of methoxy groups -OCH3 is 1. The highest BCUT2D eigenvalue weighted by Gasteiger charge is 2.21. The molecule has 0 saturated heterocycles. The van der Waals surface area contributed by atoms with Gasteiger partial charge in [-0.3, -0.25) is 10.1 Å². The van der Waals surface area contributed by atoms with Crippen LogP contribution in [0.2, 0.25) is 0 Å². The highest BCUT2D eigenvalue weighted by molar-refractivity contribution is 5.89. The van der Waals surface area contributed by atoms with Gasteiger partial charge in [0.1, 0.15) is 11.6 Å². The van der Waals surface area contributed by atoms with Crippen molar-refractivity contribution < 1.29 is 19.6 Å². The molecule has 4 aromatic rings. The van der Waals surface area contributed by atoms with Crippen molar-refractivity contribution in [2.24, 2.45) is 0 Å². The Balaban J connectivity index is 1.92. The van der Waals surface area contributed by atoms with Crippen LogP contribution in [0.25, 0.3) is 33.9 Å². The lowest BCUT2D eigenvalue weighted by atomic mass is 10.0. The number of non-ortho nitro benzene ring substituents is 1. The number of aromatic nitrogens is 2. The summed E-state index contributed by atoms with van der Waals surface area (Å²) in [7, 11) is 1.49. The summed E-state index contributed by atoms with van der Waals surface area (Å²) in [4.78, 5) is 30.0. The number of nitro benzene ring substituents is 1. The molecule has 0 aliphatic heterocycles. The maximum atomic E-state index is 11.3. The van der Waals surface area contributed by atoms with Gasteiger partial charge in [0.2, 0.25) is 0 Å². The van der Waals surface area contributed by atoms with Gasteiger partial charge in [0.25, 0.3) is 5.69 Å². The van der Waals surface area contributed by atoms with Gasteiger partial charge in [0.05, 0.1) is 29.0 Å². The van der Waals surface area contributed by atoms with E-state index in [0.29, 0.717) is 34.1 Å². The highest BCUT2D eigenvalue weighted by atomic mass is 16.6. The van der Waals surface area contributed by atoms with Crippen molar-refractivity contribution in [1.29, 1.82) is 0 Å². The maximum absolute atomic E-state index is 11.3. The van der Waals surface area contributed by atoms with Crippen LogP contribution in [0.3, 0.4) is 0 Å². The Labute approximate surface area is 176 Å². The van der Waals surface area contributed by atoms with E-state index in [1.807, 2.05) is 30.3 Å². The minimum Gasteiger partial charge on any atom is -0.496 e. The number of nitrogens with zero attached hydrogens (tertiary/aromatic N) is 2. The van der Waals surface area contributed by atoms with Gasteiger partial charge in [-0.2, -0.15) is 0 Å². The number of aromatic amines is 1. The minimum absolute atomic E-state index is 0.0724. The molecule has 31 heavy (non-hydrogen) atoms. The van der Waals surface area contributed by atoms with Crippen LogP contribution in [0.15, 0.2) is 72.8 Å². The number of nitrogens with one attached hydrogen (secondary N) is 1. The summed E-state index contributed by atoms with van der Waals surface area (Å²) in [5, 5.41) is 20.5. The monoisotopic (exact) mass is 415 g/mol. The molecule has 1 heterocycles. The largest absolute Gasteiger partial charge is 0.496 e. The molecule has 0 unspecified atom stereocenters. The zero-order chi connectivity index (χ0) is 22.0. The van der Waals surface area contributed by atoms with Crippen LogP contribution in [0.5, 0.6) is 5.75 Å². The lowest BCUT2D eigenvalue weighted by Gasteiger charge is -2.09. The molecule has 2 N–H and O–H groups in total. The molecule has 8 heteroatoms. The first-order valence-corrected chi connectivity index (χ1v) is 9.30. The lowest BCUT2D eigenvalue weighted by Crippen LogP contribution is -1.95. The molecule has 1 aromatic heterocycles. The van der Waals surface area contributed by atoms with Crippen LogP contribution in [0.1, 0.15) is 10.4 Å². The molecule has 0 atom stereocenters. The zero-order valence-corrected chi connectivity index (χ0v) is 16.4. The van der Waals surface area contributed by atoms with Gasteiger partial charge in [0, 0.05) is 28.8 Å². The van der Waals surface area contributed by atoms with Crippen LogP contribution >= 0.6 is 0 Å². The number of carboxylic acid groups (broad SMARTS) is 1. The highest BCUT2D eigenvalue weighted by Crippen LogP contribution is 2.39. The second-order valence-electron chi connectivity index (χ2n) is 6.70. The molecule has 0 aliphatic carbocycles. The van der Waals surface area contributed by atoms with Crippen molar-refractivity contribution in [3.63, 3.8) is 0 Å². The number of imidazole rings is 1. The quantitative estimate of drug-likeness (QED) is 0.337. The van der Waals surface area contributed by atoms with E-state index in [2.05, 4.69) is 4.98 Å². The summed E-state index contributed by atoms with van der Waals surface area (Å²) < 4.78 is 5.45. The predicted octanol–water partition coefficient (Wildman–Crippen LogP) is 5.03. The Kier molecular flexibility index (Phi) is 5.19. The third kappa shape index (κ3) is 3.86. The number of ether oxygens (including phenoxy) is 1. The number of H-pyrrole nitrogens is 1. The van der Waals surface area contributed by atoms with E-state index >= 15 is 0 Å². The normalized spacial score (nSPS) is 10.6. The third-order valence-electron chi connectivity index (χ3n) is 4.82. The molecule has 3 aromatic carbocycles. The fourth-order valence-electron chi connectivity index (χ4n) is 3.29. The SMILES string of the molecule is COc1ccc([N+](=O)[O-])cc1-c1[nH]c(-c2ccc(C(=O)O)cc2)nc1-c1ccccc1. The topological polar surface area (TPSA) is 118 Å². The fourth-order valence-corrected chi connectivity index (χ4v) is 3.29. The van der Waals surface area contributed by atoms with Crippen LogP contribution in [0, 0.1) is 10.1 Å². The molecule has 0 amide bonds. The van der Waals surface area contributed by atoms with Crippen molar-refractivity contribution in [2.45, 2.75) is 0 Å². The Morgan fingerprint density at radius 3 is 2.35 bits per heavy atom. The van der Waals surface area contributed by atoms with E-state index in [0.717, 1.165) is 5.56 Å². The van der Waals surface area contributed by atoms with E-state index in [4.69, 9.17) is 14.8 Å². The number of carbonyl (C=O) groups is 1. The third-order valence-corrected chi connectivity index (χ3v) is 4.82. The molecular formula is C23H17N3O5. The van der Waals surface area contributed by atoms with Gasteiger partial charge in [-0.05, 0) is 18.2 Å². The van der Waals surface area contributed by atoms with Crippen molar-refractivity contribution in [2.75, 3.05) is 7.11 Å². The molecule has 0 fully saturated rings. The Bertz CT molecular complexity index is 1260. The second-order valence-corrected chi connectivity index (χ2v) is 6.70. The first-order valence-electron chi connectivity index (χ1n) is 9.30. The molecule has 0 spiro atoms. The first kappa shape index (κ1) is 19.8. The molecule has 0 bridgehead atoms. The summed E-state index contributed by atoms with van der Waals surface area (Å²) >= 11 is 0. The number of hydrogen-bond acceptors (Lipinski definition) is 5. The average Bonchev–Trinajstić information content (AvgIpc) is 3.24. The van der Waals surface area contributed by atoms with E-state index in [1.54, 1.807) is 18.2 Å². The molecule has 0 saturated carbocycles. The van der Waals surface area contributed by atoms with Crippen molar-refractivity contribution in [3.8, 4) is 39.7 Å². The van der Waals surface area contributed by atoms with Crippen LogP contribution < -0.4 is 4.74 Å². The number of benzene rings is 3. The molecule has 0 aliphatic rings. The minimum atomic E-state index is -1.02. The molecule has 0 radical (unpaired) electrons. The first-order chi connectivity index (χ1) is 15.0. The molecule has 4 rings (SSSR count). The Morgan fingerprint density at radius 2 is 1.74 bits per heavy atom. The summed E-state index contributed by atoms with van der Waals surface area (Å²) in [6.45, 7) is 0. The Morgan fingerprint density at radius 1 is 1.03 bits per heavy atom. The fraction of sp³-hybridized carbons (Fsp3) is 0.0435. The molecule has 154 valence electrons. The van der Waals surface area contributed by atoms with E-state index < -0.39 is 10.9 Å². The van der Waals surface area contributed by atoms with Crippen LogP contribution in [-0.4, -0.2) is 33.1 Å². The van der Waals surface area contributed by atoms with Gasteiger partial charge < -0.3 is 14.8 Å². The maximum Gasteiger partial charge on any atom is 0.335 e. The molecule has 8 nitrogen and oxygen atoms in total. The number of nitro groups is 1. The molecular weight excluding hydrogens is 398 g/mol. The second kappa shape index (κ2) is 8.11. The number of hydrogen-bond donors (Lipinski definition) is 2. The lowest BCUT2D eigenvalue weighted by molar-refractivity contribution is -0.384. The zero-order valence-electron chi connectivity index (χ0n) is 16.4. The van der Waals surface area contributed by atoms with Gasteiger partial charge in [-0.1, -0.05) is 42.5 Å². The Hall–Kier alpha value is -4.46. The van der Waals surface area contributed by atoms with Crippen LogP contribution in [0.4, 0.5) is 5.69 Å². The predicted molar refractivity (Wildman–Crippen MR) is 115 cm³/mol. The van der Waals surface area contributed by atoms with E-state index in [-0.39, 0.29) is 11.3 Å². The summed E-state index contributed by atoms with van der Waals surface area (Å²) in [6, 6.07) is 20.1. The average molecular weight is 415 g/mol. The van der Waals surface area contributed by atoms with Crippen molar-refractivity contribution in [3.05, 3.63) is 88.5 Å². The van der Waals surface area contributed by atoms with Gasteiger partial charge in [-0.25, -0.2) is 9.78 Å². The number of rotatable bonds is 6. The van der Waals surface area contributed by atoms with E-state index in [1.165, 1.54) is 31.4 Å². The summed E-state index contributed by atoms with van der Waals surface area (Å²) in [5.74, 6) is -0.0588. The van der Waals surface area contributed by atoms with Gasteiger partial charge in [-0.15, -0.1) is 0 Å². The van der Waals surface area contributed by atoms with Crippen molar-refractivity contribution >= 4 is 11.7 Å².